The highest BCUT2D eigenvalue weighted by Crippen LogP contribution is 2.34. The van der Waals surface area contributed by atoms with Crippen LogP contribution in [-0.4, -0.2) is 12.6 Å². The lowest BCUT2D eigenvalue weighted by Crippen LogP contribution is -2.33. The number of nitriles is 1. The molecular formula is C16H21F3N2. The molecule has 2 nitrogen and oxygen atoms in total. The number of hydrogen-bond acceptors (Lipinski definition) is 2. The summed E-state index contributed by atoms with van der Waals surface area (Å²) in [7, 11) is 0. The van der Waals surface area contributed by atoms with E-state index in [9.17, 15) is 13.2 Å². The second-order valence-electron chi connectivity index (χ2n) is 5.14. The quantitative estimate of drug-likeness (QED) is 0.740. The summed E-state index contributed by atoms with van der Waals surface area (Å²) in [6.07, 6.45) is -1.62. The summed E-state index contributed by atoms with van der Waals surface area (Å²) in [5, 5.41) is 8.99. The summed E-state index contributed by atoms with van der Waals surface area (Å²) in [6.45, 7) is 6.93. The number of nitrogens with zero attached hydrogens (tertiary/aromatic N) is 2. The van der Waals surface area contributed by atoms with Crippen LogP contribution in [0.5, 0.6) is 0 Å². The van der Waals surface area contributed by atoms with Gasteiger partial charge in [-0.25, -0.2) is 0 Å². The lowest BCUT2D eigenvalue weighted by Gasteiger charge is -2.31. The van der Waals surface area contributed by atoms with Gasteiger partial charge in [-0.05, 0) is 38.0 Å². The third-order valence-electron chi connectivity index (χ3n) is 3.64. The molecule has 0 aliphatic heterocycles. The predicted octanol–water partition coefficient (Wildman–Crippen LogP) is 4.98. The van der Waals surface area contributed by atoms with Crippen LogP contribution in [0.1, 0.15) is 51.2 Å². The first-order valence-corrected chi connectivity index (χ1v) is 7.23. The molecule has 0 aliphatic carbocycles. The second-order valence-corrected chi connectivity index (χ2v) is 5.14. The van der Waals surface area contributed by atoms with Crippen molar-refractivity contribution in [3.63, 3.8) is 0 Å². The van der Waals surface area contributed by atoms with Gasteiger partial charge in [0.2, 0.25) is 0 Å². The third kappa shape index (κ3) is 4.38. The zero-order valence-corrected chi connectivity index (χ0v) is 12.7. The summed E-state index contributed by atoms with van der Waals surface area (Å²) in [5.41, 5.74) is -0.500. The molecule has 0 fully saturated rings. The van der Waals surface area contributed by atoms with Crippen molar-refractivity contribution in [3.8, 4) is 6.07 Å². The van der Waals surface area contributed by atoms with Crippen LogP contribution in [-0.2, 0) is 6.18 Å². The minimum absolute atomic E-state index is 0.222. The van der Waals surface area contributed by atoms with E-state index in [2.05, 4.69) is 11.8 Å². The summed E-state index contributed by atoms with van der Waals surface area (Å²) < 4.78 is 38.5. The van der Waals surface area contributed by atoms with Crippen molar-refractivity contribution < 1.29 is 13.2 Å². The molecule has 21 heavy (non-hydrogen) atoms. The van der Waals surface area contributed by atoms with Crippen LogP contribution in [0.4, 0.5) is 18.9 Å². The number of halogens is 3. The van der Waals surface area contributed by atoms with E-state index in [0.29, 0.717) is 5.69 Å². The fourth-order valence-corrected chi connectivity index (χ4v) is 2.20. The minimum Gasteiger partial charge on any atom is -0.369 e. The van der Waals surface area contributed by atoms with E-state index in [1.807, 2.05) is 13.8 Å². The standard InChI is InChI=1S/C16H21F3N2/c1-4-6-9-21(12(3)5-2)14-7-8-15(16(17,18)19)13(10-14)11-20/h7-8,10,12H,4-6,9H2,1-3H3. The average molecular weight is 298 g/mol. The summed E-state index contributed by atoms with van der Waals surface area (Å²) in [6, 6.07) is 5.71. The van der Waals surface area contributed by atoms with E-state index < -0.39 is 11.7 Å². The molecule has 0 radical (unpaired) electrons. The Morgan fingerprint density at radius 3 is 2.43 bits per heavy atom. The molecule has 0 spiro atoms. The first-order chi connectivity index (χ1) is 9.85. The number of rotatable bonds is 6. The molecule has 0 aromatic heterocycles. The van der Waals surface area contributed by atoms with Gasteiger partial charge < -0.3 is 4.90 Å². The molecule has 0 saturated carbocycles. The van der Waals surface area contributed by atoms with Crippen LogP contribution < -0.4 is 4.90 Å². The van der Waals surface area contributed by atoms with Gasteiger partial charge in [0.1, 0.15) is 0 Å². The fourth-order valence-electron chi connectivity index (χ4n) is 2.20. The Bertz CT molecular complexity index is 503. The van der Waals surface area contributed by atoms with E-state index in [0.717, 1.165) is 31.9 Å². The van der Waals surface area contributed by atoms with Crippen molar-refractivity contribution in [2.45, 2.75) is 52.3 Å². The Balaban J connectivity index is 3.19. The molecule has 1 unspecified atom stereocenters. The molecule has 0 amide bonds. The summed E-state index contributed by atoms with van der Waals surface area (Å²) >= 11 is 0. The van der Waals surface area contributed by atoms with E-state index in [1.54, 1.807) is 6.07 Å². The molecule has 1 rings (SSSR count). The molecule has 116 valence electrons. The van der Waals surface area contributed by atoms with Gasteiger partial charge in [-0.2, -0.15) is 18.4 Å². The first-order valence-electron chi connectivity index (χ1n) is 7.23. The highest BCUT2D eigenvalue weighted by Gasteiger charge is 2.33. The lowest BCUT2D eigenvalue weighted by molar-refractivity contribution is -0.137. The molecule has 0 aliphatic rings. The van der Waals surface area contributed by atoms with Crippen molar-refractivity contribution in [2.75, 3.05) is 11.4 Å². The largest absolute Gasteiger partial charge is 0.417 e. The lowest BCUT2D eigenvalue weighted by atomic mass is 10.0. The van der Waals surface area contributed by atoms with Crippen LogP contribution in [0, 0.1) is 11.3 Å². The monoisotopic (exact) mass is 298 g/mol. The summed E-state index contributed by atoms with van der Waals surface area (Å²) in [4.78, 5) is 2.07. The van der Waals surface area contributed by atoms with Gasteiger partial charge in [0.25, 0.3) is 0 Å². The minimum atomic E-state index is -4.49. The van der Waals surface area contributed by atoms with Crippen LogP contribution >= 0.6 is 0 Å². The van der Waals surface area contributed by atoms with Gasteiger partial charge >= 0.3 is 6.18 Å². The molecular weight excluding hydrogens is 277 g/mol. The Morgan fingerprint density at radius 1 is 1.29 bits per heavy atom. The van der Waals surface area contributed by atoms with E-state index in [4.69, 9.17) is 5.26 Å². The second kappa shape index (κ2) is 7.35. The van der Waals surface area contributed by atoms with Crippen molar-refractivity contribution in [1.82, 2.24) is 0 Å². The number of alkyl halides is 3. The Kier molecular flexibility index (Phi) is 6.07. The zero-order valence-electron chi connectivity index (χ0n) is 12.7. The molecule has 5 heteroatoms. The number of anilines is 1. The van der Waals surface area contributed by atoms with E-state index in [1.165, 1.54) is 12.1 Å². The molecule has 0 N–H and O–H groups in total. The van der Waals surface area contributed by atoms with E-state index >= 15 is 0 Å². The Morgan fingerprint density at radius 2 is 1.95 bits per heavy atom. The molecule has 0 bridgehead atoms. The topological polar surface area (TPSA) is 27.0 Å². The molecule has 1 aromatic carbocycles. The average Bonchev–Trinajstić information content (AvgIpc) is 2.45. The Hall–Kier alpha value is -1.70. The third-order valence-corrected chi connectivity index (χ3v) is 3.64. The fraction of sp³-hybridized carbons (Fsp3) is 0.562. The van der Waals surface area contributed by atoms with E-state index in [-0.39, 0.29) is 11.6 Å². The van der Waals surface area contributed by atoms with Gasteiger partial charge in [0.05, 0.1) is 17.2 Å². The van der Waals surface area contributed by atoms with Gasteiger partial charge in [0.15, 0.2) is 0 Å². The van der Waals surface area contributed by atoms with Crippen LogP contribution in [0.3, 0.4) is 0 Å². The van der Waals surface area contributed by atoms with Gasteiger partial charge in [0, 0.05) is 18.3 Å². The SMILES string of the molecule is CCCCN(c1ccc(C(F)(F)F)c(C#N)c1)C(C)CC. The number of unbranched alkanes of at least 4 members (excludes halogenated alkanes) is 1. The number of hydrogen-bond donors (Lipinski definition) is 0. The van der Waals surface area contributed by atoms with Crippen LogP contribution in [0.15, 0.2) is 18.2 Å². The van der Waals surface area contributed by atoms with Gasteiger partial charge in [-0.3, -0.25) is 0 Å². The van der Waals surface area contributed by atoms with Crippen molar-refractivity contribution in [3.05, 3.63) is 29.3 Å². The Labute approximate surface area is 124 Å². The van der Waals surface area contributed by atoms with Crippen LogP contribution in [0.2, 0.25) is 0 Å². The summed E-state index contributed by atoms with van der Waals surface area (Å²) in [5.74, 6) is 0. The highest BCUT2D eigenvalue weighted by molar-refractivity contribution is 5.55. The van der Waals surface area contributed by atoms with Crippen molar-refractivity contribution in [2.24, 2.45) is 0 Å². The maximum Gasteiger partial charge on any atom is 0.417 e. The van der Waals surface area contributed by atoms with Crippen LogP contribution in [0.25, 0.3) is 0 Å². The first kappa shape index (κ1) is 17.4. The predicted molar refractivity (Wildman–Crippen MR) is 78.2 cm³/mol. The molecule has 0 heterocycles. The zero-order chi connectivity index (χ0) is 16.0. The normalized spacial score (nSPS) is 12.8. The maximum atomic E-state index is 12.8. The van der Waals surface area contributed by atoms with Gasteiger partial charge in [-0.1, -0.05) is 20.3 Å². The maximum absolute atomic E-state index is 12.8. The molecule has 1 atom stereocenters. The molecule has 1 aromatic rings. The van der Waals surface area contributed by atoms with Crippen molar-refractivity contribution >= 4 is 5.69 Å². The number of benzene rings is 1. The smallest absolute Gasteiger partial charge is 0.369 e. The van der Waals surface area contributed by atoms with Crippen molar-refractivity contribution in [1.29, 1.82) is 5.26 Å². The highest BCUT2D eigenvalue weighted by atomic mass is 19.4. The molecule has 0 saturated heterocycles. The van der Waals surface area contributed by atoms with Gasteiger partial charge in [-0.15, -0.1) is 0 Å².